The summed E-state index contributed by atoms with van der Waals surface area (Å²) in [6.07, 6.45) is 16.6. The van der Waals surface area contributed by atoms with E-state index in [4.69, 9.17) is 20.9 Å². The van der Waals surface area contributed by atoms with Gasteiger partial charge in [-0.2, -0.15) is 0 Å². The lowest BCUT2D eigenvalue weighted by Gasteiger charge is -2.23. The van der Waals surface area contributed by atoms with Gasteiger partial charge in [-0.15, -0.1) is 0 Å². The van der Waals surface area contributed by atoms with Crippen LogP contribution in [0, 0.1) is 0 Å². The zero-order valence-electron chi connectivity index (χ0n) is 26.1. The Labute approximate surface area is 253 Å². The molecule has 8 heteroatoms. The Balaban J connectivity index is 0.000000293. The molecular formula is C34H54N4O4. The molecule has 0 amide bonds. The fourth-order valence-electron chi connectivity index (χ4n) is 5.05. The molecule has 1 aliphatic rings. The molecule has 1 saturated carbocycles. The molecular weight excluding hydrogens is 528 g/mol. The predicted molar refractivity (Wildman–Crippen MR) is 175 cm³/mol. The maximum atomic E-state index is 11.7. The molecule has 3 rings (SSSR count). The number of rotatable bonds is 14. The second kappa shape index (κ2) is 20.5. The van der Waals surface area contributed by atoms with Crippen LogP contribution in [0.15, 0.2) is 36.4 Å². The lowest BCUT2D eigenvalue weighted by molar-refractivity contribution is 0.0517. The number of esters is 2. The van der Waals surface area contributed by atoms with E-state index in [2.05, 4.69) is 17.6 Å². The van der Waals surface area contributed by atoms with Crippen molar-refractivity contribution in [1.82, 2.24) is 0 Å². The van der Waals surface area contributed by atoms with Crippen molar-refractivity contribution >= 4 is 34.7 Å². The lowest BCUT2D eigenvalue weighted by atomic mass is 9.96. The Morgan fingerprint density at radius 3 is 1.74 bits per heavy atom. The maximum Gasteiger partial charge on any atom is 0.338 e. The minimum atomic E-state index is -0.327. The lowest BCUT2D eigenvalue weighted by Crippen LogP contribution is -2.21. The average molecular weight is 583 g/mol. The number of carbonyl (C=O) groups is 2. The SMILES string of the molecule is CCCCCCCCNc1ccc(C(=O)OCC)cc1N.CCOC(=O)c1ccc(NC2CCCCCCC2)c(N)c1. The number of ether oxygens (including phenoxy) is 2. The molecule has 1 fully saturated rings. The Hall–Kier alpha value is -3.42. The van der Waals surface area contributed by atoms with Crippen LogP contribution in [0.3, 0.4) is 0 Å². The monoisotopic (exact) mass is 582 g/mol. The van der Waals surface area contributed by atoms with E-state index in [9.17, 15) is 9.59 Å². The molecule has 2 aromatic rings. The third kappa shape index (κ3) is 13.0. The summed E-state index contributed by atoms with van der Waals surface area (Å²) in [6.45, 7) is 7.47. The molecule has 8 nitrogen and oxygen atoms in total. The Morgan fingerprint density at radius 1 is 0.714 bits per heavy atom. The molecule has 0 radical (unpaired) electrons. The molecule has 0 bridgehead atoms. The van der Waals surface area contributed by atoms with Crippen molar-refractivity contribution in [1.29, 1.82) is 0 Å². The first-order valence-corrected chi connectivity index (χ1v) is 16.0. The summed E-state index contributed by atoms with van der Waals surface area (Å²) in [5.41, 5.74) is 16.1. The minimum absolute atomic E-state index is 0.318. The first-order chi connectivity index (χ1) is 20.4. The van der Waals surface area contributed by atoms with Gasteiger partial charge in [0.25, 0.3) is 0 Å². The highest BCUT2D eigenvalue weighted by Crippen LogP contribution is 2.26. The summed E-state index contributed by atoms with van der Waals surface area (Å²) in [4.78, 5) is 23.3. The van der Waals surface area contributed by atoms with E-state index >= 15 is 0 Å². The van der Waals surface area contributed by atoms with Gasteiger partial charge in [0.15, 0.2) is 0 Å². The number of nitrogens with one attached hydrogen (secondary N) is 2. The van der Waals surface area contributed by atoms with Gasteiger partial charge in [-0.05, 0) is 69.5 Å². The van der Waals surface area contributed by atoms with E-state index in [0.29, 0.717) is 41.8 Å². The second-order valence-corrected chi connectivity index (χ2v) is 10.9. The van der Waals surface area contributed by atoms with Gasteiger partial charge in [0.1, 0.15) is 0 Å². The number of anilines is 4. The van der Waals surface area contributed by atoms with E-state index in [1.807, 2.05) is 12.1 Å². The summed E-state index contributed by atoms with van der Waals surface area (Å²) in [5, 5.41) is 6.86. The van der Waals surface area contributed by atoms with E-state index in [1.165, 1.54) is 77.0 Å². The summed E-state index contributed by atoms with van der Waals surface area (Å²) < 4.78 is 9.94. The second-order valence-electron chi connectivity index (χ2n) is 10.9. The molecule has 0 aliphatic heterocycles. The largest absolute Gasteiger partial charge is 0.462 e. The topological polar surface area (TPSA) is 129 Å². The summed E-state index contributed by atoms with van der Waals surface area (Å²) in [5.74, 6) is -0.645. The van der Waals surface area contributed by atoms with Crippen molar-refractivity contribution in [3.63, 3.8) is 0 Å². The van der Waals surface area contributed by atoms with Gasteiger partial charge in [0.05, 0.1) is 47.1 Å². The molecule has 0 saturated heterocycles. The number of unbranched alkanes of at least 4 members (excludes halogenated alkanes) is 5. The van der Waals surface area contributed by atoms with E-state index in [-0.39, 0.29) is 11.9 Å². The van der Waals surface area contributed by atoms with Gasteiger partial charge in [-0.25, -0.2) is 9.59 Å². The molecule has 0 heterocycles. The number of hydrogen-bond donors (Lipinski definition) is 4. The number of carbonyl (C=O) groups excluding carboxylic acids is 2. The summed E-state index contributed by atoms with van der Waals surface area (Å²) in [7, 11) is 0. The maximum absolute atomic E-state index is 11.7. The van der Waals surface area contributed by atoms with Gasteiger partial charge in [0, 0.05) is 12.6 Å². The highest BCUT2D eigenvalue weighted by atomic mass is 16.5. The summed E-state index contributed by atoms with van der Waals surface area (Å²) >= 11 is 0. The van der Waals surface area contributed by atoms with Gasteiger partial charge < -0.3 is 31.6 Å². The van der Waals surface area contributed by atoms with Gasteiger partial charge >= 0.3 is 11.9 Å². The van der Waals surface area contributed by atoms with Crippen LogP contribution in [0.5, 0.6) is 0 Å². The third-order valence-electron chi connectivity index (χ3n) is 7.44. The van der Waals surface area contributed by atoms with E-state index in [0.717, 1.165) is 24.3 Å². The molecule has 234 valence electrons. The van der Waals surface area contributed by atoms with Gasteiger partial charge in [0.2, 0.25) is 0 Å². The first kappa shape index (κ1) is 34.8. The fourth-order valence-corrected chi connectivity index (χ4v) is 5.05. The van der Waals surface area contributed by atoms with Crippen LogP contribution in [-0.4, -0.2) is 37.7 Å². The van der Waals surface area contributed by atoms with Crippen LogP contribution in [0.4, 0.5) is 22.7 Å². The number of nitrogen functional groups attached to an aromatic ring is 2. The smallest absolute Gasteiger partial charge is 0.338 e. The Kier molecular flexibility index (Phi) is 16.9. The van der Waals surface area contributed by atoms with Crippen LogP contribution in [-0.2, 0) is 9.47 Å². The average Bonchev–Trinajstić information content (AvgIpc) is 2.96. The van der Waals surface area contributed by atoms with Crippen molar-refractivity contribution in [2.24, 2.45) is 0 Å². The molecule has 42 heavy (non-hydrogen) atoms. The van der Waals surface area contributed by atoms with Crippen LogP contribution in [0.2, 0.25) is 0 Å². The van der Waals surface area contributed by atoms with Crippen molar-refractivity contribution in [2.45, 2.75) is 110 Å². The van der Waals surface area contributed by atoms with Crippen molar-refractivity contribution < 1.29 is 19.1 Å². The molecule has 0 aromatic heterocycles. The Morgan fingerprint density at radius 2 is 1.21 bits per heavy atom. The standard InChI is InChI=1S/C17H26N2O2.C17H28N2O2/c1-2-21-17(20)13-10-11-16(15(18)12-13)19-14-8-6-4-3-5-7-9-14;1-3-5-6-7-8-9-12-19-16-11-10-14(13-15(16)18)17(20)21-4-2/h10-12,14,19H,2-9,18H2,1H3;10-11,13,19H,3-9,12,18H2,1-2H3. The van der Waals surface area contributed by atoms with Crippen LogP contribution in [0.25, 0.3) is 0 Å². The van der Waals surface area contributed by atoms with Crippen molar-refractivity contribution in [3.8, 4) is 0 Å². The normalized spacial score (nSPS) is 13.6. The van der Waals surface area contributed by atoms with Crippen LogP contribution < -0.4 is 22.1 Å². The predicted octanol–water partition coefficient (Wildman–Crippen LogP) is 8.19. The highest BCUT2D eigenvalue weighted by Gasteiger charge is 2.14. The zero-order chi connectivity index (χ0) is 30.6. The fraction of sp³-hybridized carbons (Fsp3) is 0.588. The number of hydrogen-bond acceptors (Lipinski definition) is 8. The van der Waals surface area contributed by atoms with Gasteiger partial charge in [-0.3, -0.25) is 0 Å². The van der Waals surface area contributed by atoms with E-state index < -0.39 is 0 Å². The molecule has 1 aliphatic carbocycles. The molecule has 0 atom stereocenters. The number of benzene rings is 2. The first-order valence-electron chi connectivity index (χ1n) is 16.0. The third-order valence-corrected chi connectivity index (χ3v) is 7.44. The summed E-state index contributed by atoms with van der Waals surface area (Å²) in [6, 6.07) is 11.1. The van der Waals surface area contributed by atoms with E-state index in [1.54, 1.807) is 38.1 Å². The minimum Gasteiger partial charge on any atom is -0.462 e. The quantitative estimate of drug-likeness (QED) is 0.0997. The Bertz CT molecular complexity index is 1070. The highest BCUT2D eigenvalue weighted by molar-refractivity contribution is 5.92. The van der Waals surface area contributed by atoms with Crippen molar-refractivity contribution in [2.75, 3.05) is 41.9 Å². The molecule has 0 spiro atoms. The molecule has 2 aromatic carbocycles. The van der Waals surface area contributed by atoms with Crippen LogP contribution in [0.1, 0.15) is 125 Å². The number of nitrogens with two attached hydrogens (primary N) is 2. The van der Waals surface area contributed by atoms with Gasteiger partial charge in [-0.1, -0.05) is 71.1 Å². The molecule has 0 unspecified atom stereocenters. The molecule has 6 N–H and O–H groups in total. The zero-order valence-corrected chi connectivity index (χ0v) is 26.1. The van der Waals surface area contributed by atoms with Crippen molar-refractivity contribution in [3.05, 3.63) is 47.5 Å². The van der Waals surface area contributed by atoms with Crippen LogP contribution >= 0.6 is 0 Å².